The summed E-state index contributed by atoms with van der Waals surface area (Å²) in [4.78, 5) is 84.1. The Balaban J connectivity index is 2.68. The number of benzene rings is 1. The summed E-state index contributed by atoms with van der Waals surface area (Å²) < 4.78 is 34.6. The van der Waals surface area contributed by atoms with Crippen LogP contribution in [0.2, 0.25) is 0 Å². The molecule has 1 aromatic rings. The predicted octanol–water partition coefficient (Wildman–Crippen LogP) is 1.14. The third-order valence-corrected chi connectivity index (χ3v) is 6.33. The average Bonchev–Trinajstić information content (AvgIpc) is 2.88. The molecule has 0 aliphatic carbocycles. The van der Waals surface area contributed by atoms with Crippen LogP contribution in [0.5, 0.6) is 0 Å². The molecular formula is C24H26BrNO15. The molecule has 0 aromatic heterocycles. The molecule has 0 spiro atoms. The lowest BCUT2D eigenvalue weighted by molar-refractivity contribution is -0.384. The van der Waals surface area contributed by atoms with E-state index in [2.05, 4.69) is 15.9 Å². The summed E-state index contributed by atoms with van der Waals surface area (Å²) in [5.41, 5.74) is -0.539. The largest absolute Gasteiger partial charge is 0.466 e. The number of alkyl halides is 1. The fourth-order valence-electron chi connectivity index (χ4n) is 3.79. The van der Waals surface area contributed by atoms with Crippen LogP contribution in [-0.4, -0.2) is 89.5 Å². The van der Waals surface area contributed by atoms with E-state index in [1.165, 1.54) is 0 Å². The molecule has 17 heteroatoms. The number of nitro groups is 1. The minimum absolute atomic E-state index is 0.212. The molecule has 1 fully saturated rings. The minimum atomic E-state index is -2.49. The smallest absolute Gasteiger partial charge is 0.353 e. The molecule has 0 bridgehead atoms. The van der Waals surface area contributed by atoms with Crippen LogP contribution in [0.1, 0.15) is 38.1 Å². The van der Waals surface area contributed by atoms with Gasteiger partial charge < -0.3 is 33.2 Å². The Morgan fingerprint density at radius 1 is 0.927 bits per heavy atom. The fraction of sp³-hybridized carbons (Fsp3) is 0.500. The maximum atomic E-state index is 13.1. The molecule has 1 aromatic carbocycles. The van der Waals surface area contributed by atoms with Crippen LogP contribution in [0.15, 0.2) is 24.3 Å². The molecule has 16 nitrogen and oxygen atoms in total. The van der Waals surface area contributed by atoms with Crippen molar-refractivity contribution in [3.8, 4) is 0 Å². The number of carbonyl (C=O) groups is 6. The van der Waals surface area contributed by atoms with Gasteiger partial charge in [-0.05, 0) is 28.1 Å². The molecule has 224 valence electrons. The molecule has 0 saturated carbocycles. The first kappa shape index (κ1) is 33.1. The lowest BCUT2D eigenvalue weighted by Crippen LogP contribution is -2.70. The monoisotopic (exact) mass is 647 g/mol. The summed E-state index contributed by atoms with van der Waals surface area (Å²) in [6.07, 6.45) is -8.70. The topological polar surface area (TPSA) is 210 Å². The summed E-state index contributed by atoms with van der Waals surface area (Å²) in [5.74, 6) is -5.98. The molecular weight excluding hydrogens is 622 g/mol. The molecule has 41 heavy (non-hydrogen) atoms. The zero-order chi connectivity index (χ0) is 31.1. The van der Waals surface area contributed by atoms with Crippen molar-refractivity contribution in [1.82, 2.24) is 0 Å². The number of hydrogen-bond acceptors (Lipinski definition) is 15. The van der Waals surface area contributed by atoms with E-state index in [-0.39, 0.29) is 11.3 Å². The highest BCUT2D eigenvalue weighted by atomic mass is 79.9. The van der Waals surface area contributed by atoms with Gasteiger partial charge in [-0.15, -0.1) is 0 Å². The van der Waals surface area contributed by atoms with Crippen LogP contribution in [0.4, 0.5) is 5.69 Å². The molecule has 0 unspecified atom stereocenters. The van der Waals surface area contributed by atoms with Gasteiger partial charge in [0.05, 0.1) is 17.6 Å². The van der Waals surface area contributed by atoms with E-state index in [1.54, 1.807) is 0 Å². The number of carbonyl (C=O) groups excluding carboxylic acids is 6. The Morgan fingerprint density at radius 3 is 1.95 bits per heavy atom. The maximum absolute atomic E-state index is 13.1. The first-order valence-corrected chi connectivity index (χ1v) is 12.5. The highest BCUT2D eigenvalue weighted by Gasteiger charge is 2.65. The Labute approximate surface area is 240 Å². The van der Waals surface area contributed by atoms with Gasteiger partial charge in [-0.3, -0.25) is 29.3 Å². The van der Waals surface area contributed by atoms with Gasteiger partial charge in [0.25, 0.3) is 10.2 Å². The molecule has 0 amide bonds. The van der Waals surface area contributed by atoms with E-state index in [0.29, 0.717) is 0 Å². The van der Waals surface area contributed by atoms with Gasteiger partial charge in [0, 0.05) is 39.8 Å². The first-order chi connectivity index (χ1) is 19.1. The lowest BCUT2D eigenvalue weighted by atomic mass is 9.91. The Hall–Kier alpha value is -4.12. The molecule has 1 aliphatic heterocycles. The second-order valence-electron chi connectivity index (χ2n) is 8.45. The molecule has 1 saturated heterocycles. The van der Waals surface area contributed by atoms with Crippen LogP contribution in [0.3, 0.4) is 0 Å². The molecule has 1 aliphatic rings. The van der Waals surface area contributed by atoms with Gasteiger partial charge in [0.1, 0.15) is 12.7 Å². The average molecular weight is 648 g/mol. The number of esters is 6. The summed E-state index contributed by atoms with van der Waals surface area (Å²) in [7, 11) is 0.959. The van der Waals surface area contributed by atoms with Crippen LogP contribution < -0.4 is 0 Å². The number of nitro benzene ring substituents is 1. The zero-order valence-corrected chi connectivity index (χ0v) is 23.9. The Bertz CT molecular complexity index is 1200. The Morgan fingerprint density at radius 2 is 1.49 bits per heavy atom. The summed E-state index contributed by atoms with van der Waals surface area (Å²) >= 11 is 3.06. The number of nitrogens with zero attached hydrogens (tertiary/aromatic N) is 1. The van der Waals surface area contributed by atoms with Crippen LogP contribution >= 0.6 is 15.9 Å². The number of non-ortho nitro benzene ring substituents is 1. The van der Waals surface area contributed by atoms with E-state index in [9.17, 15) is 38.9 Å². The van der Waals surface area contributed by atoms with Crippen molar-refractivity contribution in [2.75, 3.05) is 13.7 Å². The number of ether oxygens (including phenoxy) is 7. The second-order valence-corrected chi connectivity index (χ2v) is 9.63. The number of hydrogen-bond donors (Lipinski definition) is 0. The predicted molar refractivity (Wildman–Crippen MR) is 134 cm³/mol. The third-order valence-electron chi connectivity index (χ3n) is 5.37. The van der Waals surface area contributed by atoms with E-state index in [1.807, 2.05) is 0 Å². The van der Waals surface area contributed by atoms with Gasteiger partial charge in [-0.25, -0.2) is 9.59 Å². The normalized spacial score (nSPS) is 24.1. The number of methoxy groups -OCH3 is 1. The van der Waals surface area contributed by atoms with Crippen molar-refractivity contribution in [3.05, 3.63) is 39.9 Å². The Kier molecular flexibility index (Phi) is 11.3. The third kappa shape index (κ3) is 8.43. The second kappa shape index (κ2) is 14.0. The lowest BCUT2D eigenvalue weighted by Gasteiger charge is -2.48. The van der Waals surface area contributed by atoms with E-state index >= 15 is 0 Å². The van der Waals surface area contributed by atoms with Crippen molar-refractivity contribution in [2.45, 2.75) is 62.7 Å². The molecule has 2 rings (SSSR count). The highest BCUT2D eigenvalue weighted by Crippen LogP contribution is 2.42. The van der Waals surface area contributed by atoms with E-state index < -0.39 is 82.4 Å². The van der Waals surface area contributed by atoms with Gasteiger partial charge in [0.15, 0.2) is 24.4 Å². The highest BCUT2D eigenvalue weighted by molar-refractivity contribution is 9.10. The van der Waals surface area contributed by atoms with Crippen molar-refractivity contribution in [2.24, 2.45) is 0 Å². The number of halogens is 1. The van der Waals surface area contributed by atoms with E-state index in [0.717, 1.165) is 59.1 Å². The minimum Gasteiger partial charge on any atom is -0.466 e. The van der Waals surface area contributed by atoms with Crippen molar-refractivity contribution < 1.29 is 66.8 Å². The van der Waals surface area contributed by atoms with Crippen LogP contribution in [0, 0.1) is 10.1 Å². The van der Waals surface area contributed by atoms with Crippen LogP contribution in [0.25, 0.3) is 0 Å². The van der Waals surface area contributed by atoms with Crippen molar-refractivity contribution >= 4 is 57.4 Å². The van der Waals surface area contributed by atoms with Crippen molar-refractivity contribution in [3.63, 3.8) is 0 Å². The standard InChI is InChI=1S/C24H26BrNO15/c1-11(27)36-10-17(37-12(2)28)18-19(38-13(3)29)20(39-14(4)30)21(24(25,41-18)23(32)35-5)40-22(31)15-6-8-16(9-7-15)26(33)34/h6-9,17-21H,10H2,1-5H3/t17-,18-,19+,20+,21+,24-/m1/s1. The molecule has 1 heterocycles. The summed E-state index contributed by atoms with van der Waals surface area (Å²) in [5, 5.41) is 11.0. The zero-order valence-electron chi connectivity index (χ0n) is 22.4. The molecule has 0 N–H and O–H groups in total. The summed E-state index contributed by atoms with van der Waals surface area (Å²) in [6, 6.07) is 4.19. The first-order valence-electron chi connectivity index (χ1n) is 11.7. The summed E-state index contributed by atoms with van der Waals surface area (Å²) in [6.45, 7) is 3.39. The van der Waals surface area contributed by atoms with Gasteiger partial charge in [-0.2, -0.15) is 0 Å². The van der Waals surface area contributed by atoms with Crippen molar-refractivity contribution in [1.29, 1.82) is 0 Å². The molecule has 6 atom stereocenters. The number of rotatable bonds is 10. The molecule has 0 radical (unpaired) electrons. The SMILES string of the molecule is COC(=O)[C@]1(Br)O[C@H]([C@@H](COC(C)=O)OC(C)=O)[C@H](OC(C)=O)[C@H](OC(C)=O)[C@@H]1OC(=O)c1ccc([N+](=O)[O-])cc1. The van der Waals surface area contributed by atoms with Crippen LogP contribution in [-0.2, 0) is 57.1 Å². The fourth-order valence-corrected chi connectivity index (χ4v) is 4.53. The quantitative estimate of drug-likeness (QED) is 0.114. The van der Waals surface area contributed by atoms with Gasteiger partial charge >= 0.3 is 35.8 Å². The van der Waals surface area contributed by atoms with E-state index in [4.69, 9.17) is 33.2 Å². The maximum Gasteiger partial charge on any atom is 0.353 e. The van der Waals surface area contributed by atoms with Gasteiger partial charge in [0.2, 0.25) is 0 Å². The van der Waals surface area contributed by atoms with Gasteiger partial charge in [-0.1, -0.05) is 0 Å².